The van der Waals surface area contributed by atoms with Crippen molar-refractivity contribution in [1.29, 1.82) is 0 Å². The number of thiophene rings is 1. The largest absolute Gasteiger partial charge is 0.326 e. The maximum absolute atomic E-state index is 12.2. The van der Waals surface area contributed by atoms with Crippen LogP contribution in [-0.2, 0) is 9.59 Å². The van der Waals surface area contributed by atoms with Gasteiger partial charge in [-0.2, -0.15) is 0 Å². The van der Waals surface area contributed by atoms with E-state index in [0.29, 0.717) is 23.5 Å². The number of carbonyl (C=O) groups is 2. The van der Waals surface area contributed by atoms with Gasteiger partial charge in [-0.15, -0.1) is 23.1 Å². The Morgan fingerprint density at radius 3 is 2.63 bits per heavy atom. The van der Waals surface area contributed by atoms with Crippen molar-refractivity contribution >= 4 is 56.5 Å². The summed E-state index contributed by atoms with van der Waals surface area (Å²) < 4.78 is 0. The molecule has 0 spiro atoms. The molecule has 27 heavy (non-hydrogen) atoms. The number of hydrogen-bond acceptors (Lipinski definition) is 6. The average molecular weight is 401 g/mol. The number of hydrogen-bond donors (Lipinski definition) is 2. The van der Waals surface area contributed by atoms with Crippen LogP contribution in [0.3, 0.4) is 0 Å². The molecule has 2 aromatic heterocycles. The lowest BCUT2D eigenvalue weighted by Crippen LogP contribution is -2.13. The van der Waals surface area contributed by atoms with Crippen molar-refractivity contribution in [1.82, 2.24) is 9.97 Å². The zero-order valence-corrected chi connectivity index (χ0v) is 17.0. The lowest BCUT2D eigenvalue weighted by molar-refractivity contribution is -0.116. The van der Waals surface area contributed by atoms with E-state index >= 15 is 0 Å². The van der Waals surface area contributed by atoms with Gasteiger partial charge in [-0.25, -0.2) is 9.97 Å². The number of amides is 2. The Morgan fingerprint density at radius 2 is 1.89 bits per heavy atom. The van der Waals surface area contributed by atoms with E-state index in [-0.39, 0.29) is 11.8 Å². The third-order valence-electron chi connectivity index (χ3n) is 3.97. The molecular weight excluding hydrogens is 380 g/mol. The number of benzene rings is 1. The SMILES string of the molecule is CC(=O)Nc1cccc(NC(=O)CCSc2ncnc3sc(C)c(C)c23)c1. The highest BCUT2D eigenvalue weighted by Gasteiger charge is 2.13. The molecule has 2 N–H and O–H groups in total. The van der Waals surface area contributed by atoms with E-state index in [1.807, 2.05) is 0 Å². The average Bonchev–Trinajstić information content (AvgIpc) is 2.90. The summed E-state index contributed by atoms with van der Waals surface area (Å²) in [6.45, 7) is 5.61. The lowest BCUT2D eigenvalue weighted by Gasteiger charge is -2.08. The number of aromatic nitrogens is 2. The summed E-state index contributed by atoms with van der Waals surface area (Å²) in [5.74, 6) is 0.397. The molecule has 0 fully saturated rings. The van der Waals surface area contributed by atoms with Crippen LogP contribution in [0.1, 0.15) is 23.8 Å². The number of carbonyl (C=O) groups excluding carboxylic acids is 2. The number of rotatable bonds is 6. The van der Waals surface area contributed by atoms with Gasteiger partial charge in [-0.05, 0) is 37.6 Å². The molecule has 2 amide bonds. The first-order valence-corrected chi connectivity index (χ1v) is 10.2. The molecule has 2 heterocycles. The maximum atomic E-state index is 12.2. The lowest BCUT2D eigenvalue weighted by atomic mass is 10.2. The van der Waals surface area contributed by atoms with Crippen molar-refractivity contribution in [3.05, 3.63) is 41.0 Å². The van der Waals surface area contributed by atoms with Crippen LogP contribution in [0.4, 0.5) is 11.4 Å². The van der Waals surface area contributed by atoms with Crippen LogP contribution in [0.25, 0.3) is 10.2 Å². The second-order valence-electron chi connectivity index (χ2n) is 6.05. The highest BCUT2D eigenvalue weighted by Crippen LogP contribution is 2.34. The van der Waals surface area contributed by atoms with Crippen LogP contribution in [0.5, 0.6) is 0 Å². The van der Waals surface area contributed by atoms with Crippen molar-refractivity contribution in [3.8, 4) is 0 Å². The fourth-order valence-electron chi connectivity index (χ4n) is 2.60. The van der Waals surface area contributed by atoms with E-state index in [4.69, 9.17) is 0 Å². The first-order chi connectivity index (χ1) is 12.9. The molecule has 6 nitrogen and oxygen atoms in total. The van der Waals surface area contributed by atoms with Crippen molar-refractivity contribution in [2.24, 2.45) is 0 Å². The number of nitrogens with zero attached hydrogens (tertiary/aromatic N) is 2. The predicted octanol–water partition coefficient (Wildman–Crippen LogP) is 4.39. The number of anilines is 2. The molecule has 0 aliphatic rings. The van der Waals surface area contributed by atoms with Crippen molar-refractivity contribution in [3.63, 3.8) is 0 Å². The molecule has 0 atom stereocenters. The molecule has 140 valence electrons. The summed E-state index contributed by atoms with van der Waals surface area (Å²) in [5.41, 5.74) is 2.52. The summed E-state index contributed by atoms with van der Waals surface area (Å²) in [7, 11) is 0. The predicted molar refractivity (Wildman–Crippen MR) is 112 cm³/mol. The zero-order valence-electron chi connectivity index (χ0n) is 15.3. The van der Waals surface area contributed by atoms with Crippen LogP contribution in [0, 0.1) is 13.8 Å². The molecule has 0 radical (unpaired) electrons. The maximum Gasteiger partial charge on any atom is 0.225 e. The molecule has 3 rings (SSSR count). The topological polar surface area (TPSA) is 84.0 Å². The minimum Gasteiger partial charge on any atom is -0.326 e. The molecule has 0 bridgehead atoms. The number of fused-ring (bicyclic) bond motifs is 1. The standard InChI is InChI=1S/C19H20N4O2S2/c1-11-12(2)27-19-17(11)18(20-10-21-19)26-8-7-16(25)23-15-6-4-5-14(9-15)22-13(3)24/h4-6,9-10H,7-8H2,1-3H3,(H,22,24)(H,23,25). The number of aryl methyl sites for hydroxylation is 2. The Labute approximate surface area is 165 Å². The smallest absolute Gasteiger partial charge is 0.225 e. The quantitative estimate of drug-likeness (QED) is 0.474. The molecule has 0 aliphatic heterocycles. The summed E-state index contributed by atoms with van der Waals surface area (Å²) in [4.78, 5) is 34.3. The van der Waals surface area contributed by atoms with E-state index < -0.39 is 0 Å². The van der Waals surface area contributed by atoms with Gasteiger partial charge >= 0.3 is 0 Å². The molecule has 8 heteroatoms. The minimum atomic E-state index is -0.148. The summed E-state index contributed by atoms with van der Waals surface area (Å²) in [6, 6.07) is 7.09. The highest BCUT2D eigenvalue weighted by atomic mass is 32.2. The molecule has 0 unspecified atom stereocenters. The molecular formula is C19H20N4O2S2. The third-order valence-corrected chi connectivity index (χ3v) is 6.07. The monoisotopic (exact) mass is 400 g/mol. The first kappa shape index (κ1) is 19.3. The third kappa shape index (κ3) is 4.84. The van der Waals surface area contributed by atoms with Gasteiger partial charge in [-0.1, -0.05) is 6.07 Å². The van der Waals surface area contributed by atoms with Crippen LogP contribution >= 0.6 is 23.1 Å². The minimum absolute atomic E-state index is 0.0778. The van der Waals surface area contributed by atoms with E-state index in [1.165, 1.54) is 17.4 Å². The Hall–Kier alpha value is -2.45. The van der Waals surface area contributed by atoms with Gasteiger partial charge in [-0.3, -0.25) is 9.59 Å². The van der Waals surface area contributed by atoms with E-state index in [2.05, 4.69) is 34.4 Å². The van der Waals surface area contributed by atoms with E-state index in [9.17, 15) is 9.59 Å². The Kier molecular flexibility index (Phi) is 6.08. The zero-order chi connectivity index (χ0) is 19.4. The Balaban J connectivity index is 1.58. The van der Waals surface area contributed by atoms with Gasteiger partial charge in [0.05, 0.1) is 0 Å². The summed E-state index contributed by atoms with van der Waals surface area (Å²) >= 11 is 3.23. The molecule has 0 aliphatic carbocycles. The van der Waals surface area contributed by atoms with Crippen LogP contribution in [-0.4, -0.2) is 27.5 Å². The number of thioether (sulfide) groups is 1. The van der Waals surface area contributed by atoms with E-state index in [1.54, 1.807) is 53.7 Å². The van der Waals surface area contributed by atoms with Gasteiger partial charge in [0.2, 0.25) is 11.8 Å². The molecule has 1 aromatic carbocycles. The van der Waals surface area contributed by atoms with Gasteiger partial charge in [0.25, 0.3) is 0 Å². The van der Waals surface area contributed by atoms with Crippen LogP contribution in [0.2, 0.25) is 0 Å². The summed E-state index contributed by atoms with van der Waals surface area (Å²) in [5, 5.41) is 7.57. The van der Waals surface area contributed by atoms with Crippen molar-refractivity contribution in [2.75, 3.05) is 16.4 Å². The van der Waals surface area contributed by atoms with Gasteiger partial charge < -0.3 is 10.6 Å². The fraction of sp³-hybridized carbons (Fsp3) is 0.263. The summed E-state index contributed by atoms with van der Waals surface area (Å²) in [6.07, 6.45) is 1.94. The second kappa shape index (κ2) is 8.49. The van der Waals surface area contributed by atoms with Crippen LogP contribution < -0.4 is 10.6 Å². The van der Waals surface area contributed by atoms with Crippen molar-refractivity contribution < 1.29 is 9.59 Å². The Morgan fingerprint density at radius 1 is 1.15 bits per heavy atom. The van der Waals surface area contributed by atoms with Gasteiger partial charge in [0.1, 0.15) is 16.2 Å². The molecule has 3 aromatic rings. The Bertz CT molecular complexity index is 1000. The molecule has 0 saturated carbocycles. The molecule has 0 saturated heterocycles. The fourth-order valence-corrected chi connectivity index (χ4v) is 4.66. The van der Waals surface area contributed by atoms with E-state index in [0.717, 1.165) is 15.2 Å². The van der Waals surface area contributed by atoms with Crippen molar-refractivity contribution in [2.45, 2.75) is 32.2 Å². The van der Waals surface area contributed by atoms with Crippen LogP contribution in [0.15, 0.2) is 35.6 Å². The van der Waals surface area contributed by atoms with Gasteiger partial charge in [0, 0.05) is 40.7 Å². The number of nitrogens with one attached hydrogen (secondary N) is 2. The normalized spacial score (nSPS) is 10.8. The van der Waals surface area contributed by atoms with Gasteiger partial charge in [0.15, 0.2) is 0 Å². The highest BCUT2D eigenvalue weighted by molar-refractivity contribution is 7.99. The second-order valence-corrected chi connectivity index (χ2v) is 8.34. The first-order valence-electron chi connectivity index (χ1n) is 8.45.